The largest absolute Gasteiger partial charge is 0.320 e. The molecular formula is C12H15N3O2S. The van der Waals surface area contributed by atoms with E-state index in [1.165, 1.54) is 18.5 Å². The average Bonchev–Trinajstić information content (AvgIpc) is 3.18. The molecule has 96 valence electrons. The van der Waals surface area contributed by atoms with E-state index < -0.39 is 10.0 Å². The Bertz CT molecular complexity index is 583. The number of hydrogen-bond acceptors (Lipinski definition) is 4. The van der Waals surface area contributed by atoms with Crippen LogP contribution < -0.4 is 10.5 Å². The van der Waals surface area contributed by atoms with Gasteiger partial charge in [-0.3, -0.25) is 4.98 Å². The van der Waals surface area contributed by atoms with E-state index in [0.717, 1.165) is 12.8 Å². The van der Waals surface area contributed by atoms with Crippen molar-refractivity contribution in [1.29, 1.82) is 0 Å². The summed E-state index contributed by atoms with van der Waals surface area (Å²) in [5.41, 5.74) is 5.81. The van der Waals surface area contributed by atoms with Crippen LogP contribution in [-0.4, -0.2) is 26.5 Å². The van der Waals surface area contributed by atoms with E-state index in [1.54, 1.807) is 0 Å². The number of rotatable bonds is 4. The number of hydrogen-bond donors (Lipinski definition) is 2. The second-order valence-corrected chi connectivity index (χ2v) is 5.98. The summed E-state index contributed by atoms with van der Waals surface area (Å²) in [5, 5.41) is 0. The highest BCUT2D eigenvalue weighted by Crippen LogP contribution is 2.28. The fourth-order valence-corrected chi connectivity index (χ4v) is 2.52. The van der Waals surface area contributed by atoms with Crippen LogP contribution in [0.5, 0.6) is 0 Å². The number of nitrogens with one attached hydrogen (secondary N) is 1. The molecule has 0 bridgehead atoms. The van der Waals surface area contributed by atoms with E-state index in [-0.39, 0.29) is 11.4 Å². The molecule has 18 heavy (non-hydrogen) atoms. The van der Waals surface area contributed by atoms with Crippen molar-refractivity contribution in [3.63, 3.8) is 0 Å². The zero-order valence-corrected chi connectivity index (χ0v) is 10.7. The minimum atomic E-state index is -3.47. The van der Waals surface area contributed by atoms with Gasteiger partial charge >= 0.3 is 0 Å². The second-order valence-electron chi connectivity index (χ2n) is 4.21. The Morgan fingerprint density at radius 2 is 2.22 bits per heavy atom. The first-order valence-corrected chi connectivity index (χ1v) is 7.24. The van der Waals surface area contributed by atoms with Crippen LogP contribution in [0.3, 0.4) is 0 Å². The van der Waals surface area contributed by atoms with E-state index in [2.05, 4.69) is 21.5 Å². The molecule has 0 saturated heterocycles. The first-order chi connectivity index (χ1) is 8.62. The van der Waals surface area contributed by atoms with Crippen LogP contribution in [0, 0.1) is 17.8 Å². The molecule has 1 aromatic heterocycles. The lowest BCUT2D eigenvalue weighted by molar-refractivity contribution is 0.577. The number of sulfonamides is 1. The van der Waals surface area contributed by atoms with E-state index in [1.807, 2.05) is 0 Å². The van der Waals surface area contributed by atoms with E-state index in [0.29, 0.717) is 18.0 Å². The summed E-state index contributed by atoms with van der Waals surface area (Å²) in [6.45, 7) is 0.734. The number of aromatic nitrogens is 1. The fraction of sp³-hybridized carbons (Fsp3) is 0.417. The molecule has 3 N–H and O–H groups in total. The quantitative estimate of drug-likeness (QED) is 0.755. The van der Waals surface area contributed by atoms with Crippen molar-refractivity contribution in [2.75, 3.05) is 13.1 Å². The van der Waals surface area contributed by atoms with Gasteiger partial charge in [-0.15, -0.1) is 0 Å². The summed E-state index contributed by atoms with van der Waals surface area (Å²) in [5.74, 6) is 5.92. The fourth-order valence-electron chi connectivity index (χ4n) is 1.42. The molecule has 1 aliphatic rings. The van der Waals surface area contributed by atoms with Gasteiger partial charge in [-0.1, -0.05) is 11.8 Å². The summed E-state index contributed by atoms with van der Waals surface area (Å²) < 4.78 is 26.5. The lowest BCUT2D eigenvalue weighted by Gasteiger charge is -2.05. The van der Waals surface area contributed by atoms with Crippen LogP contribution in [0.2, 0.25) is 0 Å². The van der Waals surface area contributed by atoms with Crippen molar-refractivity contribution < 1.29 is 8.42 Å². The Morgan fingerprint density at radius 3 is 2.89 bits per heavy atom. The molecule has 1 saturated carbocycles. The van der Waals surface area contributed by atoms with Crippen molar-refractivity contribution in [3.05, 3.63) is 24.0 Å². The van der Waals surface area contributed by atoms with Crippen molar-refractivity contribution >= 4 is 10.0 Å². The third kappa shape index (κ3) is 3.53. The molecule has 1 aliphatic carbocycles. The van der Waals surface area contributed by atoms with Gasteiger partial charge in [0.1, 0.15) is 4.90 Å². The molecule has 5 nitrogen and oxygen atoms in total. The molecule has 1 aromatic rings. The summed E-state index contributed by atoms with van der Waals surface area (Å²) in [4.78, 5) is 4.03. The van der Waals surface area contributed by atoms with Gasteiger partial charge in [-0.05, 0) is 24.8 Å². The Labute approximate surface area is 107 Å². The zero-order valence-electron chi connectivity index (χ0n) is 9.89. The molecule has 0 radical (unpaired) electrons. The van der Waals surface area contributed by atoms with Crippen molar-refractivity contribution in [1.82, 2.24) is 9.71 Å². The maximum Gasteiger partial charge on any atom is 0.242 e. The van der Waals surface area contributed by atoms with Gasteiger partial charge in [-0.25, -0.2) is 13.1 Å². The summed E-state index contributed by atoms with van der Waals surface area (Å²) in [7, 11) is -3.47. The Balaban J connectivity index is 2.15. The Morgan fingerprint density at radius 1 is 1.44 bits per heavy atom. The standard InChI is InChI=1S/C12H15N3O2S/c13-5-1-2-11-6-12(9-14-7-11)18(16,17)15-8-10-3-4-10/h6-7,9-10,15H,3-5,8,13H2. The molecular weight excluding hydrogens is 250 g/mol. The third-order valence-electron chi connectivity index (χ3n) is 2.62. The van der Waals surface area contributed by atoms with Crippen LogP contribution in [0.25, 0.3) is 0 Å². The van der Waals surface area contributed by atoms with Gasteiger partial charge in [0.15, 0.2) is 0 Å². The summed E-state index contributed by atoms with van der Waals surface area (Å²) in [6.07, 6.45) is 5.04. The first kappa shape index (κ1) is 13.0. The summed E-state index contributed by atoms with van der Waals surface area (Å²) in [6, 6.07) is 1.50. The van der Waals surface area contributed by atoms with Crippen molar-refractivity contribution in [2.45, 2.75) is 17.7 Å². The maximum absolute atomic E-state index is 12.0. The monoisotopic (exact) mass is 265 g/mol. The second kappa shape index (κ2) is 5.48. The minimum absolute atomic E-state index is 0.145. The molecule has 0 unspecified atom stereocenters. The predicted molar refractivity (Wildman–Crippen MR) is 68.1 cm³/mol. The van der Waals surface area contributed by atoms with Crippen LogP contribution in [-0.2, 0) is 10.0 Å². The zero-order chi connectivity index (χ0) is 13.0. The Kier molecular flexibility index (Phi) is 3.97. The molecule has 6 heteroatoms. The van der Waals surface area contributed by atoms with Gasteiger partial charge in [0.05, 0.1) is 6.54 Å². The minimum Gasteiger partial charge on any atom is -0.320 e. The lowest BCUT2D eigenvalue weighted by Crippen LogP contribution is -2.26. The van der Waals surface area contributed by atoms with Gasteiger partial charge in [-0.2, -0.15) is 0 Å². The van der Waals surface area contributed by atoms with E-state index >= 15 is 0 Å². The highest BCUT2D eigenvalue weighted by molar-refractivity contribution is 7.89. The molecule has 0 atom stereocenters. The van der Waals surface area contributed by atoms with Crippen molar-refractivity contribution in [2.24, 2.45) is 11.7 Å². The normalized spacial score (nSPS) is 14.9. The summed E-state index contributed by atoms with van der Waals surface area (Å²) >= 11 is 0. The molecule has 2 rings (SSSR count). The van der Waals surface area contributed by atoms with Crippen LogP contribution in [0.1, 0.15) is 18.4 Å². The molecule has 0 amide bonds. The molecule has 0 aliphatic heterocycles. The smallest absolute Gasteiger partial charge is 0.242 e. The van der Waals surface area contributed by atoms with Gasteiger partial charge in [0.25, 0.3) is 0 Å². The van der Waals surface area contributed by atoms with E-state index in [4.69, 9.17) is 5.73 Å². The maximum atomic E-state index is 12.0. The van der Waals surface area contributed by atoms with E-state index in [9.17, 15) is 8.42 Å². The highest BCUT2D eigenvalue weighted by atomic mass is 32.2. The first-order valence-electron chi connectivity index (χ1n) is 5.75. The molecule has 0 spiro atoms. The SMILES string of the molecule is NCC#Cc1cncc(S(=O)(=O)NCC2CC2)c1. The van der Waals surface area contributed by atoms with Gasteiger partial charge < -0.3 is 5.73 Å². The van der Waals surface area contributed by atoms with Gasteiger partial charge in [0, 0.05) is 24.5 Å². The van der Waals surface area contributed by atoms with Crippen LogP contribution in [0.15, 0.2) is 23.4 Å². The average molecular weight is 265 g/mol. The Hall–Kier alpha value is -1.42. The molecule has 1 heterocycles. The highest BCUT2D eigenvalue weighted by Gasteiger charge is 2.24. The van der Waals surface area contributed by atoms with Crippen LogP contribution >= 0.6 is 0 Å². The number of nitrogens with two attached hydrogens (primary N) is 1. The molecule has 0 aromatic carbocycles. The van der Waals surface area contributed by atoms with Gasteiger partial charge in [0.2, 0.25) is 10.0 Å². The van der Waals surface area contributed by atoms with Crippen LogP contribution in [0.4, 0.5) is 0 Å². The number of pyridine rings is 1. The predicted octanol–water partition coefficient (Wildman–Crippen LogP) is 0.0801. The molecule has 1 fully saturated rings. The topological polar surface area (TPSA) is 85.1 Å². The number of nitrogens with zero attached hydrogens (tertiary/aromatic N) is 1. The third-order valence-corrected chi connectivity index (χ3v) is 4.01. The van der Waals surface area contributed by atoms with Crippen molar-refractivity contribution in [3.8, 4) is 11.8 Å². The lowest BCUT2D eigenvalue weighted by atomic mass is 10.3.